The standard InChI is InChI=1S/C11H8ClN3O5S/c12-8-6-7(15(17)18)3-4-10(8)21(19,20)14-11-9(16)2-1-5-13-11/h1-6,16H,(H,13,14). The minimum absolute atomic E-state index is 0.271. The molecule has 0 aliphatic rings. The van der Waals surface area contributed by atoms with Crippen LogP contribution in [0.3, 0.4) is 0 Å². The van der Waals surface area contributed by atoms with Gasteiger partial charge < -0.3 is 5.11 Å². The SMILES string of the molecule is O=[N+]([O-])c1ccc(S(=O)(=O)Nc2ncccc2O)c(Cl)c1. The number of nitrogens with zero attached hydrogens (tertiary/aromatic N) is 2. The van der Waals surface area contributed by atoms with Crippen LogP contribution >= 0.6 is 11.6 Å². The molecule has 0 saturated carbocycles. The molecule has 10 heteroatoms. The van der Waals surface area contributed by atoms with Crippen molar-refractivity contribution in [3.8, 4) is 5.75 Å². The molecule has 1 aromatic heterocycles. The van der Waals surface area contributed by atoms with Crippen LogP contribution in [-0.4, -0.2) is 23.4 Å². The second-order valence-corrected chi connectivity index (χ2v) is 5.91. The molecular formula is C11H8ClN3O5S. The van der Waals surface area contributed by atoms with Gasteiger partial charge in [-0.25, -0.2) is 13.4 Å². The summed E-state index contributed by atoms with van der Waals surface area (Å²) in [5.41, 5.74) is -0.334. The van der Waals surface area contributed by atoms with E-state index in [1.54, 1.807) is 0 Å². The number of pyridine rings is 1. The summed E-state index contributed by atoms with van der Waals surface area (Å²) in [5, 5.41) is 19.8. The Morgan fingerprint density at radius 3 is 2.62 bits per heavy atom. The first-order valence-electron chi connectivity index (χ1n) is 5.42. The van der Waals surface area contributed by atoms with E-state index in [9.17, 15) is 23.6 Å². The van der Waals surface area contributed by atoms with Gasteiger partial charge in [0.05, 0.1) is 9.95 Å². The molecule has 0 amide bonds. The monoisotopic (exact) mass is 329 g/mol. The number of aromatic nitrogens is 1. The fourth-order valence-corrected chi connectivity index (χ4v) is 3.04. The number of nitro groups is 1. The van der Waals surface area contributed by atoms with E-state index in [4.69, 9.17) is 11.6 Å². The van der Waals surface area contributed by atoms with Crippen LogP contribution in [0.4, 0.5) is 11.5 Å². The minimum atomic E-state index is -4.14. The van der Waals surface area contributed by atoms with Gasteiger partial charge in [0.2, 0.25) is 0 Å². The Balaban J connectivity index is 2.41. The maximum absolute atomic E-state index is 12.1. The predicted octanol–water partition coefficient (Wildman–Crippen LogP) is 2.15. The summed E-state index contributed by atoms with van der Waals surface area (Å²) in [4.78, 5) is 13.2. The van der Waals surface area contributed by atoms with Gasteiger partial charge in [-0.15, -0.1) is 0 Å². The zero-order chi connectivity index (χ0) is 15.6. The molecule has 110 valence electrons. The van der Waals surface area contributed by atoms with Crippen molar-refractivity contribution in [2.45, 2.75) is 4.90 Å². The van der Waals surface area contributed by atoms with Crippen molar-refractivity contribution in [3.05, 3.63) is 51.7 Å². The van der Waals surface area contributed by atoms with Crippen molar-refractivity contribution >= 4 is 33.1 Å². The number of benzene rings is 1. The molecule has 0 atom stereocenters. The van der Waals surface area contributed by atoms with Crippen molar-refractivity contribution < 1.29 is 18.4 Å². The molecule has 0 fully saturated rings. The van der Waals surface area contributed by atoms with Crippen molar-refractivity contribution in [2.24, 2.45) is 0 Å². The highest BCUT2D eigenvalue weighted by Crippen LogP contribution is 2.29. The molecule has 0 unspecified atom stereocenters. The molecule has 8 nitrogen and oxygen atoms in total. The number of rotatable bonds is 4. The Morgan fingerprint density at radius 2 is 2.05 bits per heavy atom. The molecule has 2 rings (SSSR count). The average Bonchev–Trinajstić information content (AvgIpc) is 2.40. The highest BCUT2D eigenvalue weighted by Gasteiger charge is 2.22. The molecule has 0 radical (unpaired) electrons. The Bertz CT molecular complexity index is 809. The molecule has 1 aromatic carbocycles. The van der Waals surface area contributed by atoms with Gasteiger partial charge >= 0.3 is 0 Å². The lowest BCUT2D eigenvalue weighted by atomic mass is 10.3. The maximum atomic E-state index is 12.1. The number of aromatic hydroxyl groups is 1. The summed E-state index contributed by atoms with van der Waals surface area (Å²) in [7, 11) is -4.14. The van der Waals surface area contributed by atoms with Gasteiger partial charge in [0.15, 0.2) is 11.6 Å². The van der Waals surface area contributed by atoms with Gasteiger partial charge in [0.1, 0.15) is 4.90 Å². The van der Waals surface area contributed by atoms with Gasteiger partial charge in [-0.3, -0.25) is 14.8 Å². The summed E-state index contributed by atoms with van der Waals surface area (Å²) in [5.74, 6) is -0.633. The second kappa shape index (κ2) is 5.54. The highest BCUT2D eigenvalue weighted by atomic mass is 35.5. The number of anilines is 1. The molecule has 21 heavy (non-hydrogen) atoms. The third kappa shape index (κ3) is 3.20. The topological polar surface area (TPSA) is 122 Å². The smallest absolute Gasteiger partial charge is 0.271 e. The van der Waals surface area contributed by atoms with Crippen molar-refractivity contribution in [1.82, 2.24) is 4.98 Å². The quantitative estimate of drug-likeness (QED) is 0.654. The number of hydrogen-bond acceptors (Lipinski definition) is 6. The van der Waals surface area contributed by atoms with Crippen molar-refractivity contribution in [1.29, 1.82) is 0 Å². The third-order valence-electron chi connectivity index (χ3n) is 2.43. The first-order valence-corrected chi connectivity index (χ1v) is 7.28. The van der Waals surface area contributed by atoms with E-state index in [2.05, 4.69) is 4.98 Å². The predicted molar refractivity (Wildman–Crippen MR) is 74.8 cm³/mol. The van der Waals surface area contributed by atoms with Crippen LogP contribution in [0.1, 0.15) is 0 Å². The van der Waals surface area contributed by atoms with Gasteiger partial charge in [0, 0.05) is 18.3 Å². The normalized spacial score (nSPS) is 11.1. The zero-order valence-electron chi connectivity index (χ0n) is 10.2. The first kappa shape index (κ1) is 15.0. The summed E-state index contributed by atoms with van der Waals surface area (Å²) in [6.45, 7) is 0. The van der Waals surface area contributed by atoms with E-state index in [1.807, 2.05) is 4.72 Å². The van der Waals surface area contributed by atoms with Crippen LogP contribution < -0.4 is 4.72 Å². The lowest BCUT2D eigenvalue weighted by molar-refractivity contribution is -0.384. The molecular weight excluding hydrogens is 322 g/mol. The molecule has 0 aliphatic heterocycles. The summed E-state index contributed by atoms with van der Waals surface area (Å²) in [6.07, 6.45) is 1.29. The summed E-state index contributed by atoms with van der Waals surface area (Å²) >= 11 is 5.76. The number of non-ortho nitro benzene ring substituents is 1. The largest absolute Gasteiger partial charge is 0.504 e. The number of nitrogens with one attached hydrogen (secondary N) is 1. The molecule has 0 saturated heterocycles. The van der Waals surface area contributed by atoms with Gasteiger partial charge in [0.25, 0.3) is 15.7 Å². The van der Waals surface area contributed by atoms with Crippen LogP contribution in [0.25, 0.3) is 0 Å². The summed E-state index contributed by atoms with van der Waals surface area (Å²) < 4.78 is 26.3. The van der Waals surface area contributed by atoms with E-state index in [0.29, 0.717) is 0 Å². The lowest BCUT2D eigenvalue weighted by Crippen LogP contribution is -2.14. The van der Waals surface area contributed by atoms with Crippen molar-refractivity contribution in [2.75, 3.05) is 4.72 Å². The first-order chi connectivity index (χ1) is 9.81. The molecule has 1 heterocycles. The molecule has 2 aromatic rings. The fourth-order valence-electron chi connectivity index (χ4n) is 1.48. The van der Waals surface area contributed by atoms with E-state index in [-0.39, 0.29) is 27.2 Å². The highest BCUT2D eigenvalue weighted by molar-refractivity contribution is 7.92. The van der Waals surface area contributed by atoms with E-state index in [1.165, 1.54) is 18.3 Å². The number of hydrogen-bond donors (Lipinski definition) is 2. The minimum Gasteiger partial charge on any atom is -0.504 e. The Morgan fingerprint density at radius 1 is 1.33 bits per heavy atom. The Labute approximate surface area is 124 Å². The van der Waals surface area contributed by atoms with Crippen LogP contribution in [0.5, 0.6) is 5.75 Å². The fraction of sp³-hybridized carbons (Fsp3) is 0. The Kier molecular flexibility index (Phi) is 3.96. The van der Waals surface area contributed by atoms with Crippen LogP contribution in [0.2, 0.25) is 5.02 Å². The molecule has 2 N–H and O–H groups in total. The number of nitro benzene ring substituents is 1. The van der Waals surface area contributed by atoms with Gasteiger partial charge in [-0.1, -0.05) is 11.6 Å². The van der Waals surface area contributed by atoms with Crippen LogP contribution in [-0.2, 0) is 10.0 Å². The third-order valence-corrected chi connectivity index (χ3v) is 4.26. The van der Waals surface area contributed by atoms with E-state index < -0.39 is 14.9 Å². The average molecular weight is 330 g/mol. The zero-order valence-corrected chi connectivity index (χ0v) is 11.8. The lowest BCUT2D eigenvalue weighted by Gasteiger charge is -2.09. The summed E-state index contributed by atoms with van der Waals surface area (Å²) in [6, 6.07) is 5.62. The molecule has 0 aliphatic carbocycles. The van der Waals surface area contributed by atoms with Crippen LogP contribution in [0, 0.1) is 10.1 Å². The number of sulfonamides is 1. The van der Waals surface area contributed by atoms with Crippen molar-refractivity contribution in [3.63, 3.8) is 0 Å². The molecule has 0 bridgehead atoms. The van der Waals surface area contributed by atoms with Gasteiger partial charge in [-0.05, 0) is 18.2 Å². The molecule has 0 spiro atoms. The Hall–Kier alpha value is -2.39. The van der Waals surface area contributed by atoms with E-state index >= 15 is 0 Å². The number of halogens is 1. The van der Waals surface area contributed by atoms with Gasteiger partial charge in [-0.2, -0.15) is 0 Å². The maximum Gasteiger partial charge on any atom is 0.271 e. The van der Waals surface area contributed by atoms with Crippen LogP contribution in [0.15, 0.2) is 41.4 Å². The van der Waals surface area contributed by atoms with E-state index in [0.717, 1.165) is 18.2 Å². The second-order valence-electron chi connectivity index (χ2n) is 3.85.